The van der Waals surface area contributed by atoms with Gasteiger partial charge in [0.15, 0.2) is 0 Å². The van der Waals surface area contributed by atoms with Gasteiger partial charge in [-0.3, -0.25) is 4.79 Å². The summed E-state index contributed by atoms with van der Waals surface area (Å²) in [6, 6.07) is 0. The van der Waals surface area contributed by atoms with E-state index in [0.29, 0.717) is 0 Å². The molecule has 70 valence electrons. The number of carbonyl (C=O) groups is 2. The highest BCUT2D eigenvalue weighted by molar-refractivity contribution is 6.33. The van der Waals surface area contributed by atoms with Crippen molar-refractivity contribution in [2.24, 2.45) is 0 Å². The summed E-state index contributed by atoms with van der Waals surface area (Å²) < 4.78 is 4.75. The van der Waals surface area contributed by atoms with Crippen LogP contribution in [0.3, 0.4) is 0 Å². The van der Waals surface area contributed by atoms with Crippen LogP contribution in [-0.4, -0.2) is 29.1 Å². The number of Topliss-reactive ketones (excluding diaryl/α,β-unsaturated/α-hetero) is 1. The second-order valence-corrected chi connectivity index (χ2v) is 3.40. The average molecular weight is 174 g/mol. The number of hydrogen-bond donors (Lipinski definition) is 1. The lowest BCUT2D eigenvalue weighted by Gasteiger charge is -2.18. The lowest BCUT2D eigenvalue weighted by atomic mass is 10.2. The normalized spacial score (nSPS) is 11.0. The maximum Gasteiger partial charge on any atom is 0.375 e. The summed E-state index contributed by atoms with van der Waals surface area (Å²) >= 11 is 0. The van der Waals surface area contributed by atoms with Crippen molar-refractivity contribution in [3.8, 4) is 0 Å². The third-order valence-electron chi connectivity index (χ3n) is 0.965. The summed E-state index contributed by atoms with van der Waals surface area (Å²) in [6.45, 7) is 4.71. The van der Waals surface area contributed by atoms with E-state index in [4.69, 9.17) is 9.84 Å². The molecule has 0 aromatic carbocycles. The highest BCUT2D eigenvalue weighted by Crippen LogP contribution is 2.07. The van der Waals surface area contributed by atoms with Crippen molar-refractivity contribution < 1.29 is 19.4 Å². The first-order valence-electron chi connectivity index (χ1n) is 3.74. The maximum absolute atomic E-state index is 10.9. The molecule has 0 aromatic rings. The van der Waals surface area contributed by atoms with Crippen molar-refractivity contribution in [1.29, 1.82) is 0 Å². The van der Waals surface area contributed by atoms with Crippen molar-refractivity contribution in [2.45, 2.75) is 32.8 Å². The Morgan fingerprint density at radius 2 is 1.83 bits per heavy atom. The number of aliphatic hydroxyl groups excluding tert-OH is 1. The van der Waals surface area contributed by atoms with Gasteiger partial charge in [0.1, 0.15) is 5.60 Å². The van der Waals surface area contributed by atoms with Gasteiger partial charge in [-0.05, 0) is 20.8 Å². The van der Waals surface area contributed by atoms with Crippen LogP contribution >= 0.6 is 0 Å². The van der Waals surface area contributed by atoms with Gasteiger partial charge in [0.25, 0.3) is 0 Å². The van der Waals surface area contributed by atoms with Crippen LogP contribution in [0, 0.1) is 0 Å². The molecule has 0 aromatic heterocycles. The fourth-order valence-electron chi connectivity index (χ4n) is 0.539. The van der Waals surface area contributed by atoms with Crippen LogP contribution in [0.5, 0.6) is 0 Å². The number of carbonyl (C=O) groups excluding carboxylic acids is 2. The van der Waals surface area contributed by atoms with Crippen molar-refractivity contribution >= 4 is 11.8 Å². The molecular formula is C8H14O4. The average Bonchev–Trinajstić information content (AvgIpc) is 1.84. The van der Waals surface area contributed by atoms with Gasteiger partial charge in [0.2, 0.25) is 5.78 Å². The van der Waals surface area contributed by atoms with Gasteiger partial charge in [0, 0.05) is 6.42 Å². The molecule has 0 bridgehead atoms. The Morgan fingerprint density at radius 3 is 2.17 bits per heavy atom. The predicted molar refractivity (Wildman–Crippen MR) is 42.6 cm³/mol. The predicted octanol–water partition coefficient (Wildman–Crippen LogP) is 0.280. The Kier molecular flexibility index (Phi) is 3.89. The van der Waals surface area contributed by atoms with Crippen LogP contribution in [0.15, 0.2) is 0 Å². The van der Waals surface area contributed by atoms with Gasteiger partial charge in [-0.15, -0.1) is 0 Å². The summed E-state index contributed by atoms with van der Waals surface area (Å²) in [6.07, 6.45) is -0.172. The second-order valence-electron chi connectivity index (χ2n) is 3.40. The van der Waals surface area contributed by atoms with Gasteiger partial charge in [-0.2, -0.15) is 0 Å². The Hall–Kier alpha value is -0.900. The Morgan fingerprint density at radius 1 is 1.33 bits per heavy atom. The molecule has 4 nitrogen and oxygen atoms in total. The molecule has 4 heteroatoms. The molecule has 0 amide bonds. The van der Waals surface area contributed by atoms with Crippen LogP contribution in [0.2, 0.25) is 0 Å². The molecule has 0 unspecified atom stereocenters. The number of esters is 1. The Bertz CT molecular complexity index is 178. The zero-order chi connectivity index (χ0) is 9.78. The number of aliphatic hydroxyl groups is 1. The second kappa shape index (κ2) is 4.21. The van der Waals surface area contributed by atoms with E-state index in [9.17, 15) is 9.59 Å². The van der Waals surface area contributed by atoms with Crippen LogP contribution in [0.4, 0.5) is 0 Å². The zero-order valence-corrected chi connectivity index (χ0v) is 7.59. The molecule has 0 aliphatic carbocycles. The fraction of sp³-hybridized carbons (Fsp3) is 0.750. The van der Waals surface area contributed by atoms with Gasteiger partial charge in [-0.25, -0.2) is 4.79 Å². The standard InChI is InChI=1S/C8H14O4/c1-8(2,3)12-7(11)6(10)4-5-9/h9H,4-5H2,1-3H3. The third kappa shape index (κ3) is 4.85. The molecule has 0 aliphatic rings. The summed E-state index contributed by atoms with van der Waals surface area (Å²) in [5, 5.41) is 8.36. The summed E-state index contributed by atoms with van der Waals surface area (Å²) in [5.41, 5.74) is -0.651. The minimum Gasteiger partial charge on any atom is -0.454 e. The molecule has 0 saturated heterocycles. The van der Waals surface area contributed by atoms with E-state index in [0.717, 1.165) is 0 Å². The van der Waals surface area contributed by atoms with Crippen LogP contribution in [0.25, 0.3) is 0 Å². The number of ketones is 1. The van der Waals surface area contributed by atoms with E-state index in [-0.39, 0.29) is 13.0 Å². The quantitative estimate of drug-likeness (QED) is 0.493. The molecule has 0 radical (unpaired) electrons. The van der Waals surface area contributed by atoms with Gasteiger partial charge >= 0.3 is 5.97 Å². The van der Waals surface area contributed by atoms with Crippen molar-refractivity contribution in [2.75, 3.05) is 6.61 Å². The molecule has 0 spiro atoms. The first kappa shape index (κ1) is 11.1. The van der Waals surface area contributed by atoms with Gasteiger partial charge < -0.3 is 9.84 Å². The topological polar surface area (TPSA) is 63.6 Å². The largest absolute Gasteiger partial charge is 0.454 e. The minimum atomic E-state index is -0.878. The SMILES string of the molecule is CC(C)(C)OC(=O)C(=O)CCO. The lowest BCUT2D eigenvalue weighted by Crippen LogP contribution is -2.29. The fourth-order valence-corrected chi connectivity index (χ4v) is 0.539. The van der Waals surface area contributed by atoms with E-state index < -0.39 is 17.4 Å². The van der Waals surface area contributed by atoms with Crippen LogP contribution in [-0.2, 0) is 14.3 Å². The molecule has 0 heterocycles. The molecule has 1 N–H and O–H groups in total. The van der Waals surface area contributed by atoms with E-state index in [1.54, 1.807) is 20.8 Å². The van der Waals surface area contributed by atoms with E-state index in [1.807, 2.05) is 0 Å². The highest BCUT2D eigenvalue weighted by Gasteiger charge is 2.21. The smallest absolute Gasteiger partial charge is 0.375 e. The van der Waals surface area contributed by atoms with Crippen LogP contribution in [0.1, 0.15) is 27.2 Å². The molecular weight excluding hydrogens is 160 g/mol. The van der Waals surface area contributed by atoms with Gasteiger partial charge in [-0.1, -0.05) is 0 Å². The van der Waals surface area contributed by atoms with Gasteiger partial charge in [0.05, 0.1) is 6.61 Å². The Balaban J connectivity index is 3.97. The Labute approximate surface area is 71.5 Å². The van der Waals surface area contributed by atoms with E-state index in [2.05, 4.69) is 0 Å². The summed E-state index contributed by atoms with van der Waals surface area (Å²) in [5.74, 6) is -1.57. The highest BCUT2D eigenvalue weighted by atomic mass is 16.6. The van der Waals surface area contributed by atoms with E-state index >= 15 is 0 Å². The molecule has 12 heavy (non-hydrogen) atoms. The first-order valence-corrected chi connectivity index (χ1v) is 3.74. The van der Waals surface area contributed by atoms with Crippen molar-refractivity contribution in [3.05, 3.63) is 0 Å². The number of rotatable bonds is 3. The molecule has 0 saturated carbocycles. The number of ether oxygens (including phenoxy) is 1. The third-order valence-corrected chi connectivity index (χ3v) is 0.965. The molecule has 0 rings (SSSR count). The molecule has 0 aliphatic heterocycles. The maximum atomic E-state index is 10.9. The summed E-state index contributed by atoms with van der Waals surface area (Å²) in [4.78, 5) is 21.7. The first-order chi connectivity index (χ1) is 5.37. The van der Waals surface area contributed by atoms with Crippen molar-refractivity contribution in [1.82, 2.24) is 0 Å². The molecule has 0 fully saturated rings. The molecule has 0 atom stereocenters. The monoisotopic (exact) mass is 174 g/mol. The summed E-state index contributed by atoms with van der Waals surface area (Å²) in [7, 11) is 0. The van der Waals surface area contributed by atoms with E-state index in [1.165, 1.54) is 0 Å². The number of hydrogen-bond acceptors (Lipinski definition) is 4. The lowest BCUT2D eigenvalue weighted by molar-refractivity contribution is -0.162. The minimum absolute atomic E-state index is 0.172. The zero-order valence-electron chi connectivity index (χ0n) is 7.59. The van der Waals surface area contributed by atoms with Crippen molar-refractivity contribution in [3.63, 3.8) is 0 Å². The van der Waals surface area contributed by atoms with Crippen LogP contribution < -0.4 is 0 Å².